The van der Waals surface area contributed by atoms with Crippen molar-refractivity contribution in [3.8, 4) is 0 Å². The summed E-state index contributed by atoms with van der Waals surface area (Å²) >= 11 is 0. The van der Waals surface area contributed by atoms with Crippen LogP contribution in [0, 0.1) is 5.92 Å². The zero-order chi connectivity index (χ0) is 13.9. The first-order valence-electron chi connectivity index (χ1n) is 6.70. The number of methoxy groups -OCH3 is 1. The highest BCUT2D eigenvalue weighted by atomic mass is 32.2. The predicted molar refractivity (Wildman–Crippen MR) is 71.6 cm³/mol. The molecule has 2 aliphatic heterocycles. The first kappa shape index (κ1) is 14.7. The van der Waals surface area contributed by atoms with Gasteiger partial charge in [0.2, 0.25) is 5.91 Å². The van der Waals surface area contributed by atoms with Crippen LogP contribution in [0.3, 0.4) is 0 Å². The van der Waals surface area contributed by atoms with Gasteiger partial charge in [-0.3, -0.25) is 4.79 Å². The van der Waals surface area contributed by atoms with Crippen LogP contribution in [0.25, 0.3) is 0 Å². The van der Waals surface area contributed by atoms with Gasteiger partial charge in [-0.1, -0.05) is 0 Å². The van der Waals surface area contributed by atoms with Crippen molar-refractivity contribution < 1.29 is 17.9 Å². The summed E-state index contributed by atoms with van der Waals surface area (Å²) in [6, 6.07) is -0.229. The van der Waals surface area contributed by atoms with E-state index >= 15 is 0 Å². The maximum Gasteiger partial charge on any atom is 0.224 e. The molecule has 2 fully saturated rings. The molecule has 19 heavy (non-hydrogen) atoms. The van der Waals surface area contributed by atoms with Crippen molar-refractivity contribution in [2.24, 2.45) is 5.92 Å². The molecule has 2 saturated heterocycles. The zero-order valence-electron chi connectivity index (χ0n) is 11.3. The van der Waals surface area contributed by atoms with Crippen LogP contribution in [0.4, 0.5) is 0 Å². The number of nitrogens with zero attached hydrogens (tertiary/aromatic N) is 1. The van der Waals surface area contributed by atoms with Gasteiger partial charge in [-0.15, -0.1) is 0 Å². The second-order valence-electron chi connectivity index (χ2n) is 5.42. The first-order valence-corrected chi connectivity index (χ1v) is 8.53. The Morgan fingerprint density at radius 1 is 1.47 bits per heavy atom. The lowest BCUT2D eigenvalue weighted by atomic mass is 10.1. The summed E-state index contributed by atoms with van der Waals surface area (Å²) in [5.74, 6) is 0.719. The molecule has 0 aromatic heterocycles. The second kappa shape index (κ2) is 6.19. The molecular formula is C12H22N2O4S. The van der Waals surface area contributed by atoms with E-state index in [1.54, 1.807) is 7.11 Å². The molecule has 2 rings (SSSR count). The number of carbonyl (C=O) groups is 1. The van der Waals surface area contributed by atoms with E-state index in [0.717, 1.165) is 19.5 Å². The molecule has 1 amide bonds. The number of hydrogen-bond donors (Lipinski definition) is 1. The molecule has 0 saturated carbocycles. The standard InChI is InChI=1S/C12H22N2O4S/c1-18-8-10-2-4-14(7-10)12(15)6-11-9-19(16,17)5-3-13-11/h10-11,13H,2-9H2,1H3. The number of carbonyl (C=O) groups excluding carboxylic acids is 1. The normalized spacial score (nSPS) is 30.5. The topological polar surface area (TPSA) is 75.7 Å². The van der Waals surface area contributed by atoms with Gasteiger partial charge in [0.1, 0.15) is 0 Å². The van der Waals surface area contributed by atoms with E-state index < -0.39 is 9.84 Å². The van der Waals surface area contributed by atoms with Crippen LogP contribution in [0.15, 0.2) is 0 Å². The Morgan fingerprint density at radius 2 is 2.26 bits per heavy atom. The van der Waals surface area contributed by atoms with Crippen LogP contribution < -0.4 is 5.32 Å². The fourth-order valence-corrected chi connectivity index (χ4v) is 4.21. The monoisotopic (exact) mass is 290 g/mol. The molecule has 7 heteroatoms. The Bertz CT molecular complexity index is 423. The predicted octanol–water partition coefficient (Wildman–Crippen LogP) is -0.742. The van der Waals surface area contributed by atoms with Crippen LogP contribution in [-0.4, -0.2) is 70.1 Å². The van der Waals surface area contributed by atoms with Crippen molar-refractivity contribution in [3.05, 3.63) is 0 Å². The molecule has 0 radical (unpaired) electrons. The molecule has 0 aliphatic carbocycles. The van der Waals surface area contributed by atoms with Gasteiger partial charge in [0.05, 0.1) is 18.1 Å². The van der Waals surface area contributed by atoms with Gasteiger partial charge in [-0.05, 0) is 6.42 Å². The lowest BCUT2D eigenvalue weighted by molar-refractivity contribution is -0.130. The Kier molecular flexibility index (Phi) is 4.81. The number of nitrogens with one attached hydrogen (secondary N) is 1. The smallest absolute Gasteiger partial charge is 0.224 e. The van der Waals surface area contributed by atoms with E-state index in [4.69, 9.17) is 4.74 Å². The van der Waals surface area contributed by atoms with Crippen molar-refractivity contribution in [2.75, 3.05) is 44.9 Å². The molecule has 0 aromatic rings. The molecule has 0 bridgehead atoms. The number of ether oxygens (including phenoxy) is 1. The summed E-state index contributed by atoms with van der Waals surface area (Å²) in [4.78, 5) is 14.0. The van der Waals surface area contributed by atoms with Crippen molar-refractivity contribution in [3.63, 3.8) is 0 Å². The first-order chi connectivity index (χ1) is 9.00. The molecule has 0 aromatic carbocycles. The van der Waals surface area contributed by atoms with E-state index in [2.05, 4.69) is 5.32 Å². The quantitative estimate of drug-likeness (QED) is 0.738. The molecule has 110 valence electrons. The molecule has 6 nitrogen and oxygen atoms in total. The third-order valence-corrected chi connectivity index (χ3v) is 5.50. The van der Waals surface area contributed by atoms with E-state index in [-0.39, 0.29) is 29.9 Å². The molecule has 2 unspecified atom stereocenters. The molecular weight excluding hydrogens is 268 g/mol. The molecule has 2 heterocycles. The number of likely N-dealkylation sites (tertiary alicyclic amines) is 1. The second-order valence-corrected chi connectivity index (χ2v) is 7.65. The van der Waals surface area contributed by atoms with Gasteiger partial charge in [0.25, 0.3) is 0 Å². The van der Waals surface area contributed by atoms with Crippen molar-refractivity contribution in [1.29, 1.82) is 0 Å². The van der Waals surface area contributed by atoms with Gasteiger partial charge in [0, 0.05) is 45.1 Å². The third-order valence-electron chi connectivity index (χ3n) is 3.76. The highest BCUT2D eigenvalue weighted by Gasteiger charge is 2.30. The minimum atomic E-state index is -2.97. The summed E-state index contributed by atoms with van der Waals surface area (Å²) in [5.41, 5.74) is 0. The van der Waals surface area contributed by atoms with Crippen LogP contribution in [0.5, 0.6) is 0 Å². The summed E-state index contributed by atoms with van der Waals surface area (Å²) in [6.45, 7) is 2.62. The summed E-state index contributed by atoms with van der Waals surface area (Å²) in [7, 11) is -1.31. The number of rotatable bonds is 4. The lowest BCUT2D eigenvalue weighted by Gasteiger charge is -2.25. The van der Waals surface area contributed by atoms with E-state index in [0.29, 0.717) is 19.1 Å². The Balaban J connectivity index is 1.81. The summed E-state index contributed by atoms with van der Waals surface area (Å²) in [6.07, 6.45) is 1.24. The fraction of sp³-hybridized carbons (Fsp3) is 0.917. The average molecular weight is 290 g/mol. The summed E-state index contributed by atoms with van der Waals surface area (Å²) < 4.78 is 28.1. The molecule has 0 spiro atoms. The maximum atomic E-state index is 12.1. The van der Waals surface area contributed by atoms with Gasteiger partial charge in [-0.25, -0.2) is 8.42 Å². The van der Waals surface area contributed by atoms with Gasteiger partial charge >= 0.3 is 0 Å². The fourth-order valence-electron chi connectivity index (χ4n) is 2.77. The maximum absolute atomic E-state index is 12.1. The van der Waals surface area contributed by atoms with E-state index in [1.165, 1.54) is 0 Å². The molecule has 2 atom stereocenters. The minimum absolute atomic E-state index is 0.0493. The van der Waals surface area contributed by atoms with Crippen LogP contribution >= 0.6 is 0 Å². The summed E-state index contributed by atoms with van der Waals surface area (Å²) in [5, 5.41) is 3.11. The molecule has 2 aliphatic rings. The highest BCUT2D eigenvalue weighted by Crippen LogP contribution is 2.18. The van der Waals surface area contributed by atoms with Crippen LogP contribution in [0.2, 0.25) is 0 Å². The minimum Gasteiger partial charge on any atom is -0.384 e. The average Bonchev–Trinajstić information content (AvgIpc) is 2.77. The van der Waals surface area contributed by atoms with Gasteiger partial charge in [0.15, 0.2) is 9.84 Å². The Labute approximate surface area is 114 Å². The SMILES string of the molecule is COCC1CCN(C(=O)CC2CS(=O)(=O)CCN2)C1. The van der Waals surface area contributed by atoms with E-state index in [1.807, 2.05) is 4.90 Å². The zero-order valence-corrected chi connectivity index (χ0v) is 12.1. The third kappa shape index (κ3) is 4.15. The van der Waals surface area contributed by atoms with Crippen molar-refractivity contribution in [1.82, 2.24) is 10.2 Å². The number of amides is 1. The Morgan fingerprint density at radius 3 is 2.95 bits per heavy atom. The van der Waals surface area contributed by atoms with Crippen molar-refractivity contribution >= 4 is 15.7 Å². The van der Waals surface area contributed by atoms with Crippen LogP contribution in [-0.2, 0) is 19.4 Å². The van der Waals surface area contributed by atoms with E-state index in [9.17, 15) is 13.2 Å². The van der Waals surface area contributed by atoms with Gasteiger partial charge < -0.3 is 15.0 Å². The lowest BCUT2D eigenvalue weighted by Crippen LogP contribution is -2.47. The molecule has 1 N–H and O–H groups in total. The highest BCUT2D eigenvalue weighted by molar-refractivity contribution is 7.91. The van der Waals surface area contributed by atoms with Crippen molar-refractivity contribution in [2.45, 2.75) is 18.9 Å². The Hall–Kier alpha value is -0.660. The van der Waals surface area contributed by atoms with Crippen LogP contribution in [0.1, 0.15) is 12.8 Å². The largest absolute Gasteiger partial charge is 0.384 e. The van der Waals surface area contributed by atoms with Gasteiger partial charge in [-0.2, -0.15) is 0 Å². The number of sulfone groups is 1. The number of hydrogen-bond acceptors (Lipinski definition) is 5.